The first-order valence-electron chi connectivity index (χ1n) is 7.80. The summed E-state index contributed by atoms with van der Waals surface area (Å²) in [5, 5.41) is 3.64. The van der Waals surface area contributed by atoms with E-state index in [1.807, 2.05) is 7.05 Å². The third-order valence-corrected chi connectivity index (χ3v) is 5.30. The molecule has 3 heteroatoms. The van der Waals surface area contributed by atoms with E-state index in [4.69, 9.17) is 0 Å². The predicted molar refractivity (Wildman–Crippen MR) is 75.8 cm³/mol. The molecule has 1 saturated heterocycles. The summed E-state index contributed by atoms with van der Waals surface area (Å²) in [5.74, 6) is 1.17. The number of guanidine groups is 1. The summed E-state index contributed by atoms with van der Waals surface area (Å²) in [6, 6.07) is 0.701. The highest BCUT2D eigenvalue weighted by atomic mass is 15.3. The minimum Gasteiger partial charge on any atom is -0.354 e. The van der Waals surface area contributed by atoms with Gasteiger partial charge in [0, 0.05) is 26.2 Å². The molecular weight excluding hydrogens is 222 g/mol. The van der Waals surface area contributed by atoms with Crippen LogP contribution in [0, 0.1) is 5.41 Å². The monoisotopic (exact) mass is 249 g/mol. The van der Waals surface area contributed by atoms with E-state index in [2.05, 4.69) is 15.2 Å². The van der Waals surface area contributed by atoms with Crippen LogP contribution in [-0.4, -0.2) is 37.0 Å². The zero-order chi connectivity index (χ0) is 12.4. The summed E-state index contributed by atoms with van der Waals surface area (Å²) < 4.78 is 0. The highest BCUT2D eigenvalue weighted by Crippen LogP contribution is 2.43. The summed E-state index contributed by atoms with van der Waals surface area (Å²) in [6.07, 6.45) is 12.7. The fourth-order valence-electron chi connectivity index (χ4n) is 3.86. The molecule has 0 aromatic heterocycles. The molecule has 0 aromatic carbocycles. The number of hydrogen-bond acceptors (Lipinski definition) is 1. The summed E-state index contributed by atoms with van der Waals surface area (Å²) >= 11 is 0. The van der Waals surface area contributed by atoms with Gasteiger partial charge in [-0.1, -0.05) is 19.3 Å². The lowest BCUT2D eigenvalue weighted by Gasteiger charge is -2.35. The number of aliphatic imine (C=N–C) groups is 1. The molecule has 3 fully saturated rings. The molecule has 18 heavy (non-hydrogen) atoms. The van der Waals surface area contributed by atoms with Crippen molar-refractivity contribution in [3.8, 4) is 0 Å². The van der Waals surface area contributed by atoms with Gasteiger partial charge in [0.1, 0.15) is 0 Å². The van der Waals surface area contributed by atoms with Gasteiger partial charge in [0.2, 0.25) is 0 Å². The zero-order valence-corrected chi connectivity index (χ0v) is 11.7. The minimum atomic E-state index is 0.634. The maximum atomic E-state index is 4.50. The zero-order valence-electron chi connectivity index (χ0n) is 11.7. The van der Waals surface area contributed by atoms with Crippen molar-refractivity contribution in [2.24, 2.45) is 10.4 Å². The van der Waals surface area contributed by atoms with Gasteiger partial charge < -0.3 is 10.2 Å². The molecule has 1 heterocycles. The molecule has 0 bridgehead atoms. The van der Waals surface area contributed by atoms with Gasteiger partial charge in [-0.15, -0.1) is 0 Å². The Bertz CT molecular complexity index is 314. The largest absolute Gasteiger partial charge is 0.354 e. The smallest absolute Gasteiger partial charge is 0.193 e. The third kappa shape index (κ3) is 2.36. The van der Waals surface area contributed by atoms with E-state index >= 15 is 0 Å². The molecule has 1 N–H and O–H groups in total. The van der Waals surface area contributed by atoms with Crippen molar-refractivity contribution in [3.63, 3.8) is 0 Å². The third-order valence-electron chi connectivity index (χ3n) is 5.30. The molecule has 1 aliphatic heterocycles. The molecule has 3 rings (SSSR count). The summed E-state index contributed by atoms with van der Waals surface area (Å²) in [4.78, 5) is 7.02. The molecule has 2 saturated carbocycles. The number of hydrogen-bond donors (Lipinski definition) is 1. The summed E-state index contributed by atoms with van der Waals surface area (Å²) in [6.45, 7) is 2.46. The van der Waals surface area contributed by atoms with E-state index in [0.717, 1.165) is 0 Å². The van der Waals surface area contributed by atoms with Crippen molar-refractivity contribution in [1.82, 2.24) is 10.2 Å². The maximum absolute atomic E-state index is 4.50. The van der Waals surface area contributed by atoms with Crippen LogP contribution in [0.25, 0.3) is 0 Å². The Labute approximate surface area is 111 Å². The molecule has 0 unspecified atom stereocenters. The fraction of sp³-hybridized carbons (Fsp3) is 0.933. The van der Waals surface area contributed by atoms with Crippen LogP contribution in [0.1, 0.15) is 57.8 Å². The molecule has 0 atom stereocenters. The number of nitrogens with zero attached hydrogens (tertiary/aromatic N) is 2. The SMILES string of the molecule is CN=C(NC1CCC1)N1CCC2(CCCCC2)C1. The average Bonchev–Trinajstić information content (AvgIpc) is 2.73. The van der Waals surface area contributed by atoms with Crippen LogP contribution in [0.3, 0.4) is 0 Å². The second-order valence-corrected chi connectivity index (χ2v) is 6.55. The van der Waals surface area contributed by atoms with E-state index in [1.165, 1.54) is 76.8 Å². The van der Waals surface area contributed by atoms with Gasteiger partial charge in [-0.05, 0) is 43.9 Å². The van der Waals surface area contributed by atoms with Crippen molar-refractivity contribution in [3.05, 3.63) is 0 Å². The lowest BCUT2D eigenvalue weighted by molar-refractivity contribution is 0.202. The van der Waals surface area contributed by atoms with Gasteiger partial charge in [-0.2, -0.15) is 0 Å². The predicted octanol–water partition coefficient (Wildman–Crippen LogP) is 2.77. The maximum Gasteiger partial charge on any atom is 0.193 e. The van der Waals surface area contributed by atoms with Crippen LogP contribution in [-0.2, 0) is 0 Å². The molecule has 3 nitrogen and oxygen atoms in total. The average molecular weight is 249 g/mol. The summed E-state index contributed by atoms with van der Waals surface area (Å²) in [7, 11) is 1.94. The standard InChI is InChI=1S/C15H27N3/c1-16-14(17-13-6-5-7-13)18-11-10-15(12-18)8-3-2-4-9-15/h13H,2-12H2,1H3,(H,16,17). The second-order valence-electron chi connectivity index (χ2n) is 6.55. The van der Waals surface area contributed by atoms with Gasteiger partial charge in [-0.25, -0.2) is 0 Å². The Morgan fingerprint density at radius 3 is 2.50 bits per heavy atom. The van der Waals surface area contributed by atoms with Crippen LogP contribution in [0.2, 0.25) is 0 Å². The molecule has 3 aliphatic rings. The van der Waals surface area contributed by atoms with Gasteiger partial charge >= 0.3 is 0 Å². The topological polar surface area (TPSA) is 27.6 Å². The Kier molecular flexibility index (Phi) is 3.49. The highest BCUT2D eigenvalue weighted by Gasteiger charge is 2.40. The van der Waals surface area contributed by atoms with Gasteiger partial charge in [0.25, 0.3) is 0 Å². The van der Waals surface area contributed by atoms with Gasteiger partial charge in [-0.3, -0.25) is 4.99 Å². The Balaban J connectivity index is 1.59. The molecule has 0 aromatic rings. The van der Waals surface area contributed by atoms with Crippen LogP contribution >= 0.6 is 0 Å². The van der Waals surface area contributed by atoms with Crippen LogP contribution in [0.4, 0.5) is 0 Å². The fourth-order valence-corrected chi connectivity index (χ4v) is 3.86. The van der Waals surface area contributed by atoms with Crippen molar-refractivity contribution in [2.45, 2.75) is 63.8 Å². The van der Waals surface area contributed by atoms with Crippen molar-refractivity contribution >= 4 is 5.96 Å². The van der Waals surface area contributed by atoms with E-state index in [9.17, 15) is 0 Å². The van der Waals surface area contributed by atoms with Gasteiger partial charge in [0.15, 0.2) is 5.96 Å². The van der Waals surface area contributed by atoms with E-state index < -0.39 is 0 Å². The van der Waals surface area contributed by atoms with Crippen LogP contribution < -0.4 is 5.32 Å². The van der Waals surface area contributed by atoms with E-state index in [0.29, 0.717) is 11.5 Å². The second kappa shape index (κ2) is 5.10. The van der Waals surface area contributed by atoms with Crippen molar-refractivity contribution < 1.29 is 0 Å². The normalized spacial score (nSPS) is 28.5. The molecular formula is C15H27N3. The van der Waals surface area contributed by atoms with Crippen molar-refractivity contribution in [1.29, 1.82) is 0 Å². The van der Waals surface area contributed by atoms with Crippen LogP contribution in [0.15, 0.2) is 4.99 Å². The quantitative estimate of drug-likeness (QED) is 0.571. The van der Waals surface area contributed by atoms with E-state index in [1.54, 1.807) is 0 Å². The lowest BCUT2D eigenvalue weighted by Crippen LogP contribution is -2.48. The lowest BCUT2D eigenvalue weighted by atomic mass is 9.73. The Hall–Kier alpha value is -0.730. The first-order valence-corrected chi connectivity index (χ1v) is 7.80. The Morgan fingerprint density at radius 1 is 1.11 bits per heavy atom. The molecule has 0 radical (unpaired) electrons. The first kappa shape index (κ1) is 12.3. The molecule has 0 amide bonds. The minimum absolute atomic E-state index is 0.634. The van der Waals surface area contributed by atoms with E-state index in [-0.39, 0.29) is 0 Å². The van der Waals surface area contributed by atoms with Gasteiger partial charge in [0.05, 0.1) is 0 Å². The molecule has 2 aliphatic carbocycles. The number of likely N-dealkylation sites (tertiary alicyclic amines) is 1. The summed E-state index contributed by atoms with van der Waals surface area (Å²) in [5.41, 5.74) is 0.634. The highest BCUT2D eigenvalue weighted by molar-refractivity contribution is 5.80. The number of nitrogens with one attached hydrogen (secondary N) is 1. The Morgan fingerprint density at radius 2 is 1.89 bits per heavy atom. The van der Waals surface area contributed by atoms with Crippen LogP contribution in [0.5, 0.6) is 0 Å². The molecule has 1 spiro atoms. The first-order chi connectivity index (χ1) is 8.81. The molecule has 102 valence electrons. The van der Waals surface area contributed by atoms with Crippen molar-refractivity contribution in [2.75, 3.05) is 20.1 Å². The number of rotatable bonds is 1.